The van der Waals surface area contributed by atoms with Crippen LogP contribution in [0.5, 0.6) is 0 Å². The fraction of sp³-hybridized carbons (Fsp3) is 0.875. The maximum absolute atomic E-state index is 11.6. The van der Waals surface area contributed by atoms with Crippen LogP contribution in [0.2, 0.25) is 0 Å². The first-order valence-electron chi connectivity index (χ1n) is 4.40. The Morgan fingerprint density at radius 1 is 1.43 bits per heavy atom. The molecule has 6 heteroatoms. The average Bonchev–Trinajstić information content (AvgIpc) is 2.83. The van der Waals surface area contributed by atoms with E-state index in [9.17, 15) is 13.2 Å². The highest BCUT2D eigenvalue weighted by atomic mass is 32.2. The van der Waals surface area contributed by atoms with Gasteiger partial charge in [0.15, 0.2) is 20.5 Å². The van der Waals surface area contributed by atoms with Gasteiger partial charge in [-0.25, -0.2) is 8.42 Å². The molecule has 1 saturated carbocycles. The van der Waals surface area contributed by atoms with Crippen molar-refractivity contribution in [2.24, 2.45) is 0 Å². The monoisotopic (exact) mass is 222 g/mol. The normalized spacial score (nSPS) is 19.0. The number of hydrogen-bond donors (Lipinski definition) is 0. The molecule has 0 radical (unpaired) electrons. The van der Waals surface area contributed by atoms with Gasteiger partial charge >= 0.3 is 5.97 Å². The van der Waals surface area contributed by atoms with E-state index in [0.29, 0.717) is 12.8 Å². The fourth-order valence-corrected chi connectivity index (χ4v) is 2.87. The lowest BCUT2D eigenvalue weighted by molar-refractivity contribution is -0.140. The summed E-state index contributed by atoms with van der Waals surface area (Å²) >= 11 is 0. The van der Waals surface area contributed by atoms with Crippen LogP contribution < -0.4 is 0 Å². The van der Waals surface area contributed by atoms with Crippen molar-refractivity contribution in [3.05, 3.63) is 0 Å². The Hall–Kier alpha value is -0.620. The predicted octanol–water partition coefficient (Wildman–Crippen LogP) is 0.101. The van der Waals surface area contributed by atoms with E-state index >= 15 is 0 Å². The van der Waals surface area contributed by atoms with E-state index in [2.05, 4.69) is 4.74 Å². The fourth-order valence-electron chi connectivity index (χ4n) is 1.23. The Morgan fingerprint density at radius 2 is 2.00 bits per heavy atom. The van der Waals surface area contributed by atoms with Gasteiger partial charge in [0.05, 0.1) is 6.61 Å². The lowest BCUT2D eigenvalue weighted by atomic mass is 10.8. The molecule has 0 aromatic carbocycles. The second-order valence-electron chi connectivity index (χ2n) is 3.18. The summed E-state index contributed by atoms with van der Waals surface area (Å²) in [6.07, 6.45) is 0.927. The molecule has 1 aliphatic carbocycles. The molecule has 0 aromatic rings. The van der Waals surface area contributed by atoms with Crippen molar-refractivity contribution in [2.75, 3.05) is 19.5 Å². The van der Waals surface area contributed by atoms with Crippen LogP contribution in [0.3, 0.4) is 0 Å². The van der Waals surface area contributed by atoms with Gasteiger partial charge in [-0.3, -0.25) is 4.79 Å². The zero-order valence-electron chi connectivity index (χ0n) is 8.28. The van der Waals surface area contributed by atoms with Gasteiger partial charge in [0, 0.05) is 7.11 Å². The molecule has 0 aliphatic heterocycles. The Bertz CT molecular complexity index is 315. The number of ether oxygens (including phenoxy) is 2. The van der Waals surface area contributed by atoms with Crippen LogP contribution in [0, 0.1) is 0 Å². The Kier molecular flexibility index (Phi) is 3.16. The van der Waals surface area contributed by atoms with E-state index < -0.39 is 26.5 Å². The number of esters is 1. The molecular formula is C8H14O5S. The zero-order chi connectivity index (χ0) is 10.8. The minimum Gasteiger partial charge on any atom is -0.465 e. The average molecular weight is 222 g/mol. The molecule has 0 saturated heterocycles. The smallest absolute Gasteiger partial charge is 0.321 e. The summed E-state index contributed by atoms with van der Waals surface area (Å²) in [6, 6.07) is 0. The highest BCUT2D eigenvalue weighted by molar-refractivity contribution is 7.93. The highest BCUT2D eigenvalue weighted by Crippen LogP contribution is 2.44. The third-order valence-corrected chi connectivity index (χ3v) is 4.53. The molecule has 0 bridgehead atoms. The first kappa shape index (κ1) is 11.5. The first-order chi connectivity index (χ1) is 6.47. The number of methoxy groups -OCH3 is 1. The molecule has 0 N–H and O–H groups in total. The third kappa shape index (κ3) is 2.06. The van der Waals surface area contributed by atoms with Crippen molar-refractivity contribution < 1.29 is 22.7 Å². The molecule has 0 spiro atoms. The number of carbonyl (C=O) groups excluding carboxylic acids is 1. The van der Waals surface area contributed by atoms with Crippen LogP contribution in [0.1, 0.15) is 19.8 Å². The number of carbonyl (C=O) groups is 1. The van der Waals surface area contributed by atoms with E-state index in [1.54, 1.807) is 6.92 Å². The van der Waals surface area contributed by atoms with Crippen LogP contribution >= 0.6 is 0 Å². The third-order valence-electron chi connectivity index (χ3n) is 2.21. The molecule has 0 atom stereocenters. The summed E-state index contributed by atoms with van der Waals surface area (Å²) in [5.41, 5.74) is 0. The molecule has 5 nitrogen and oxygen atoms in total. The van der Waals surface area contributed by atoms with E-state index in [1.165, 1.54) is 7.11 Å². The molecule has 14 heavy (non-hydrogen) atoms. The molecule has 0 aromatic heterocycles. The van der Waals surface area contributed by atoms with Crippen molar-refractivity contribution in [1.82, 2.24) is 0 Å². The minimum atomic E-state index is -3.52. The van der Waals surface area contributed by atoms with Crippen molar-refractivity contribution in [2.45, 2.75) is 24.7 Å². The van der Waals surface area contributed by atoms with Crippen LogP contribution in [0.25, 0.3) is 0 Å². The first-order valence-corrected chi connectivity index (χ1v) is 6.06. The Morgan fingerprint density at radius 3 is 2.36 bits per heavy atom. The van der Waals surface area contributed by atoms with Gasteiger partial charge in [0.1, 0.15) is 0 Å². The molecular weight excluding hydrogens is 208 g/mol. The molecule has 0 heterocycles. The van der Waals surface area contributed by atoms with Crippen molar-refractivity contribution in [3.8, 4) is 0 Å². The van der Waals surface area contributed by atoms with Gasteiger partial charge in [-0.1, -0.05) is 0 Å². The second-order valence-corrected chi connectivity index (χ2v) is 5.44. The van der Waals surface area contributed by atoms with Crippen molar-refractivity contribution in [1.29, 1.82) is 0 Å². The zero-order valence-corrected chi connectivity index (χ0v) is 9.09. The van der Waals surface area contributed by atoms with Crippen LogP contribution in [0.4, 0.5) is 0 Å². The number of hydrogen-bond acceptors (Lipinski definition) is 5. The second kappa shape index (κ2) is 3.86. The largest absolute Gasteiger partial charge is 0.465 e. The summed E-state index contributed by atoms with van der Waals surface area (Å²) in [7, 11) is -2.17. The van der Waals surface area contributed by atoms with E-state index in [-0.39, 0.29) is 6.61 Å². The summed E-state index contributed by atoms with van der Waals surface area (Å²) in [6.45, 7) is 1.82. The van der Waals surface area contributed by atoms with Gasteiger partial charge in [-0.05, 0) is 19.8 Å². The van der Waals surface area contributed by atoms with Crippen molar-refractivity contribution >= 4 is 15.8 Å². The molecule has 1 rings (SSSR count). The Labute approximate surface area is 83.3 Å². The predicted molar refractivity (Wildman–Crippen MR) is 49.4 cm³/mol. The van der Waals surface area contributed by atoms with Gasteiger partial charge in [-0.15, -0.1) is 0 Å². The molecule has 1 fully saturated rings. The lowest BCUT2D eigenvalue weighted by Gasteiger charge is -2.13. The van der Waals surface area contributed by atoms with E-state index in [1.807, 2.05) is 0 Å². The minimum absolute atomic E-state index is 0.189. The maximum Gasteiger partial charge on any atom is 0.321 e. The molecule has 82 valence electrons. The SMILES string of the molecule is CCOC(=O)CS(=O)(=O)C1(OC)CC1. The van der Waals surface area contributed by atoms with Gasteiger partial charge in [0.25, 0.3) is 0 Å². The van der Waals surface area contributed by atoms with Crippen LogP contribution in [-0.2, 0) is 24.1 Å². The Balaban J connectivity index is 2.64. The molecule has 1 aliphatic rings. The number of sulfone groups is 1. The van der Waals surface area contributed by atoms with Gasteiger partial charge in [-0.2, -0.15) is 0 Å². The number of rotatable bonds is 5. The summed E-state index contributed by atoms with van der Waals surface area (Å²) in [4.78, 5) is 9.88. The van der Waals surface area contributed by atoms with Crippen LogP contribution in [-0.4, -0.2) is 38.8 Å². The quantitative estimate of drug-likeness (QED) is 0.617. The summed E-state index contributed by atoms with van der Waals surface area (Å²) in [5, 5.41) is 0. The van der Waals surface area contributed by atoms with Gasteiger partial charge < -0.3 is 9.47 Å². The summed E-state index contributed by atoms with van der Waals surface area (Å²) < 4.78 is 32.7. The van der Waals surface area contributed by atoms with Crippen LogP contribution in [0.15, 0.2) is 0 Å². The van der Waals surface area contributed by atoms with Gasteiger partial charge in [0.2, 0.25) is 0 Å². The lowest BCUT2D eigenvalue weighted by Crippen LogP contribution is -2.32. The highest BCUT2D eigenvalue weighted by Gasteiger charge is 2.55. The maximum atomic E-state index is 11.6. The summed E-state index contributed by atoms with van der Waals surface area (Å²) in [5.74, 6) is -1.30. The molecule has 0 unspecified atom stereocenters. The van der Waals surface area contributed by atoms with E-state index in [0.717, 1.165) is 0 Å². The van der Waals surface area contributed by atoms with E-state index in [4.69, 9.17) is 4.74 Å². The van der Waals surface area contributed by atoms with Crippen molar-refractivity contribution in [3.63, 3.8) is 0 Å². The standard InChI is InChI=1S/C8H14O5S/c1-3-13-7(9)6-14(10,11)8(12-2)4-5-8/h3-6H2,1-2H3. The topological polar surface area (TPSA) is 69.7 Å². The molecule has 0 amide bonds.